The van der Waals surface area contributed by atoms with Gasteiger partial charge >= 0.3 is 0 Å². The lowest BCUT2D eigenvalue weighted by Gasteiger charge is -2.02. The number of rotatable bonds is 1. The Labute approximate surface area is 89.1 Å². The van der Waals surface area contributed by atoms with E-state index in [0.717, 1.165) is 5.69 Å². The Kier molecular flexibility index (Phi) is 2.45. The van der Waals surface area contributed by atoms with Gasteiger partial charge in [0, 0.05) is 6.07 Å². The fourth-order valence-electron chi connectivity index (χ4n) is 1.14. The first-order valence-electron chi connectivity index (χ1n) is 4.09. The van der Waals surface area contributed by atoms with Crippen molar-refractivity contribution in [2.24, 2.45) is 0 Å². The third-order valence-electron chi connectivity index (χ3n) is 1.77. The summed E-state index contributed by atoms with van der Waals surface area (Å²) in [6.45, 7) is 0. The van der Waals surface area contributed by atoms with Crippen LogP contribution in [0.25, 0.3) is 5.69 Å². The van der Waals surface area contributed by atoms with Crippen LogP contribution in [0.2, 0.25) is 0 Å². The van der Waals surface area contributed by atoms with E-state index in [4.69, 9.17) is 0 Å². The minimum atomic E-state index is -0.139. The Bertz CT molecular complexity index is 493. The van der Waals surface area contributed by atoms with E-state index in [0.29, 0.717) is 4.60 Å². The van der Waals surface area contributed by atoms with Gasteiger partial charge in [-0.2, -0.15) is 9.78 Å². The summed E-state index contributed by atoms with van der Waals surface area (Å²) >= 11 is 3.22. The molecule has 1 heterocycles. The van der Waals surface area contributed by atoms with Gasteiger partial charge in [0.15, 0.2) is 0 Å². The Balaban J connectivity index is 2.63. The molecule has 70 valence electrons. The number of nitrogens with zero attached hydrogens (tertiary/aromatic N) is 2. The molecule has 1 aromatic heterocycles. The molecule has 0 aliphatic heterocycles. The van der Waals surface area contributed by atoms with E-state index in [1.807, 2.05) is 30.3 Å². The Morgan fingerprint density at radius 3 is 2.50 bits per heavy atom. The predicted molar refractivity (Wildman–Crippen MR) is 57.5 cm³/mol. The molecule has 0 saturated heterocycles. The third-order valence-corrected chi connectivity index (χ3v) is 2.19. The Morgan fingerprint density at radius 2 is 1.79 bits per heavy atom. The Hall–Kier alpha value is -1.42. The molecule has 0 saturated carbocycles. The highest BCUT2D eigenvalue weighted by molar-refractivity contribution is 9.10. The summed E-state index contributed by atoms with van der Waals surface area (Å²) in [5.74, 6) is 0. The molecule has 0 N–H and O–H groups in total. The SMILES string of the molecule is O=c1ccc(Br)nn1-c1ccccc1. The quantitative estimate of drug-likeness (QED) is 0.776. The maximum Gasteiger partial charge on any atom is 0.271 e. The number of hydrogen-bond acceptors (Lipinski definition) is 2. The lowest BCUT2D eigenvalue weighted by Crippen LogP contribution is -2.19. The first-order valence-corrected chi connectivity index (χ1v) is 4.88. The van der Waals surface area contributed by atoms with Gasteiger partial charge in [0.2, 0.25) is 0 Å². The van der Waals surface area contributed by atoms with Gasteiger partial charge in [0.25, 0.3) is 5.56 Å². The van der Waals surface area contributed by atoms with E-state index in [2.05, 4.69) is 21.0 Å². The van der Waals surface area contributed by atoms with Gasteiger partial charge in [-0.05, 0) is 34.1 Å². The van der Waals surface area contributed by atoms with Crippen LogP contribution < -0.4 is 5.56 Å². The predicted octanol–water partition coefficient (Wildman–Crippen LogP) is 1.99. The maximum atomic E-state index is 11.5. The Morgan fingerprint density at radius 1 is 1.07 bits per heavy atom. The average Bonchev–Trinajstić information content (AvgIpc) is 2.23. The molecule has 4 heteroatoms. The molecule has 0 amide bonds. The minimum Gasteiger partial charge on any atom is -0.267 e. The zero-order valence-electron chi connectivity index (χ0n) is 7.22. The number of benzene rings is 1. The molecule has 0 aliphatic rings. The second-order valence-electron chi connectivity index (χ2n) is 2.74. The van der Waals surface area contributed by atoms with Crippen molar-refractivity contribution in [1.29, 1.82) is 0 Å². The van der Waals surface area contributed by atoms with Gasteiger partial charge in [-0.1, -0.05) is 18.2 Å². The third kappa shape index (κ3) is 1.75. The molecule has 0 fully saturated rings. The van der Waals surface area contributed by atoms with Crippen molar-refractivity contribution in [1.82, 2.24) is 9.78 Å². The zero-order valence-corrected chi connectivity index (χ0v) is 8.81. The first kappa shape index (κ1) is 9.15. The molecule has 2 aromatic rings. The van der Waals surface area contributed by atoms with Gasteiger partial charge in [0.05, 0.1) is 5.69 Å². The van der Waals surface area contributed by atoms with E-state index in [1.165, 1.54) is 10.7 Å². The van der Waals surface area contributed by atoms with Crippen molar-refractivity contribution in [2.75, 3.05) is 0 Å². The highest BCUT2D eigenvalue weighted by atomic mass is 79.9. The van der Waals surface area contributed by atoms with Crippen LogP contribution in [0.3, 0.4) is 0 Å². The van der Waals surface area contributed by atoms with Crippen molar-refractivity contribution in [3.63, 3.8) is 0 Å². The molecule has 0 spiro atoms. The smallest absolute Gasteiger partial charge is 0.267 e. The van der Waals surface area contributed by atoms with Gasteiger partial charge in [-0.3, -0.25) is 4.79 Å². The normalized spacial score (nSPS) is 10.1. The molecule has 0 radical (unpaired) electrons. The van der Waals surface area contributed by atoms with E-state index < -0.39 is 0 Å². The summed E-state index contributed by atoms with van der Waals surface area (Å²) in [4.78, 5) is 11.5. The summed E-state index contributed by atoms with van der Waals surface area (Å²) in [6, 6.07) is 12.4. The van der Waals surface area contributed by atoms with Crippen LogP contribution in [0.5, 0.6) is 0 Å². The van der Waals surface area contributed by atoms with Crippen LogP contribution in [-0.2, 0) is 0 Å². The zero-order chi connectivity index (χ0) is 9.97. The fraction of sp³-hybridized carbons (Fsp3) is 0. The molecule has 14 heavy (non-hydrogen) atoms. The van der Waals surface area contributed by atoms with Gasteiger partial charge in [-0.25, -0.2) is 0 Å². The van der Waals surface area contributed by atoms with E-state index >= 15 is 0 Å². The largest absolute Gasteiger partial charge is 0.271 e. The highest BCUT2D eigenvalue weighted by Gasteiger charge is 1.99. The van der Waals surface area contributed by atoms with Crippen molar-refractivity contribution in [2.45, 2.75) is 0 Å². The fourth-order valence-corrected chi connectivity index (χ4v) is 1.43. The molecule has 1 aromatic carbocycles. The standard InChI is InChI=1S/C10H7BrN2O/c11-9-6-7-10(14)13(12-9)8-4-2-1-3-5-8/h1-7H. The summed E-state index contributed by atoms with van der Waals surface area (Å²) in [7, 11) is 0. The van der Waals surface area contributed by atoms with Crippen LogP contribution in [0, 0.1) is 0 Å². The number of para-hydroxylation sites is 1. The lowest BCUT2D eigenvalue weighted by atomic mass is 10.3. The summed E-state index contributed by atoms with van der Waals surface area (Å²) in [5, 5.41) is 4.06. The molecule has 0 bridgehead atoms. The van der Waals surface area contributed by atoms with Gasteiger partial charge in [0.1, 0.15) is 4.60 Å². The molecule has 2 rings (SSSR count). The number of aromatic nitrogens is 2. The van der Waals surface area contributed by atoms with Crippen molar-refractivity contribution >= 4 is 15.9 Å². The van der Waals surface area contributed by atoms with Crippen LogP contribution in [0.15, 0.2) is 51.9 Å². The summed E-state index contributed by atoms with van der Waals surface area (Å²) in [5.41, 5.74) is 0.623. The monoisotopic (exact) mass is 250 g/mol. The molecule has 0 unspecified atom stereocenters. The topological polar surface area (TPSA) is 34.9 Å². The van der Waals surface area contributed by atoms with E-state index in [1.54, 1.807) is 6.07 Å². The van der Waals surface area contributed by atoms with Crippen molar-refractivity contribution in [3.05, 3.63) is 57.4 Å². The number of hydrogen-bond donors (Lipinski definition) is 0. The molecular weight excluding hydrogens is 244 g/mol. The second-order valence-corrected chi connectivity index (χ2v) is 3.55. The lowest BCUT2D eigenvalue weighted by molar-refractivity contribution is 0.793. The number of halogens is 1. The van der Waals surface area contributed by atoms with Crippen LogP contribution >= 0.6 is 15.9 Å². The minimum absolute atomic E-state index is 0.139. The van der Waals surface area contributed by atoms with E-state index in [9.17, 15) is 4.79 Å². The molecular formula is C10H7BrN2O. The van der Waals surface area contributed by atoms with E-state index in [-0.39, 0.29) is 5.56 Å². The first-order chi connectivity index (χ1) is 6.77. The van der Waals surface area contributed by atoms with Gasteiger partial charge < -0.3 is 0 Å². The van der Waals surface area contributed by atoms with Gasteiger partial charge in [-0.15, -0.1) is 0 Å². The van der Waals surface area contributed by atoms with Crippen molar-refractivity contribution in [3.8, 4) is 5.69 Å². The average molecular weight is 251 g/mol. The van der Waals surface area contributed by atoms with Crippen molar-refractivity contribution < 1.29 is 0 Å². The summed E-state index contributed by atoms with van der Waals surface area (Å²) < 4.78 is 1.99. The molecule has 3 nitrogen and oxygen atoms in total. The maximum absolute atomic E-state index is 11.5. The van der Waals surface area contributed by atoms with Crippen LogP contribution in [0.4, 0.5) is 0 Å². The molecule has 0 atom stereocenters. The van der Waals surface area contributed by atoms with Crippen LogP contribution in [-0.4, -0.2) is 9.78 Å². The molecule has 0 aliphatic carbocycles. The highest BCUT2D eigenvalue weighted by Crippen LogP contribution is 2.05. The summed E-state index contributed by atoms with van der Waals surface area (Å²) in [6.07, 6.45) is 0. The second kappa shape index (κ2) is 3.75. The van der Waals surface area contributed by atoms with Crippen LogP contribution in [0.1, 0.15) is 0 Å².